The van der Waals surface area contributed by atoms with Gasteiger partial charge in [0, 0.05) is 37.6 Å². The van der Waals surface area contributed by atoms with Gasteiger partial charge in [-0.3, -0.25) is 0 Å². The summed E-state index contributed by atoms with van der Waals surface area (Å²) < 4.78 is 39.5. The van der Waals surface area contributed by atoms with Gasteiger partial charge in [0.05, 0.1) is 25.6 Å². The number of imidazole rings is 1. The van der Waals surface area contributed by atoms with Crippen LogP contribution in [0.4, 0.5) is 0 Å². The van der Waals surface area contributed by atoms with Crippen molar-refractivity contribution in [3.05, 3.63) is 35.9 Å². The third-order valence-electron chi connectivity index (χ3n) is 3.17. The summed E-state index contributed by atoms with van der Waals surface area (Å²) >= 11 is 5.99. The number of sulfonamides is 1. The van der Waals surface area contributed by atoms with Crippen LogP contribution in [0.1, 0.15) is 6.42 Å². The van der Waals surface area contributed by atoms with Gasteiger partial charge in [0.25, 0.3) is 0 Å². The van der Waals surface area contributed by atoms with Crippen LogP contribution in [-0.4, -0.2) is 38.7 Å². The van der Waals surface area contributed by atoms with Crippen LogP contribution in [0, 0.1) is 0 Å². The molecule has 1 heterocycles. The van der Waals surface area contributed by atoms with Gasteiger partial charge in [-0.15, -0.1) is 0 Å². The Morgan fingerprint density at radius 2 is 2.00 bits per heavy atom. The van der Waals surface area contributed by atoms with E-state index in [-0.39, 0.29) is 28.0 Å². The van der Waals surface area contributed by atoms with Crippen molar-refractivity contribution in [1.82, 2.24) is 14.3 Å². The lowest BCUT2D eigenvalue weighted by molar-refractivity contribution is 0.392. The van der Waals surface area contributed by atoms with Gasteiger partial charge in [-0.25, -0.2) is 18.1 Å². The first-order chi connectivity index (χ1) is 11.0. The van der Waals surface area contributed by atoms with Crippen molar-refractivity contribution in [2.45, 2.75) is 17.9 Å². The topological polar surface area (TPSA) is 82.5 Å². The molecule has 1 N–H and O–H groups in total. The van der Waals surface area contributed by atoms with Crippen molar-refractivity contribution in [2.75, 3.05) is 20.8 Å². The summed E-state index contributed by atoms with van der Waals surface area (Å²) in [4.78, 5) is 3.92. The first-order valence-corrected chi connectivity index (χ1v) is 8.71. The number of hydrogen-bond donors (Lipinski definition) is 1. The van der Waals surface area contributed by atoms with Gasteiger partial charge in [-0.05, 0) is 6.42 Å². The van der Waals surface area contributed by atoms with Crippen LogP contribution in [0.15, 0.2) is 35.7 Å². The number of methoxy groups -OCH3 is 2. The van der Waals surface area contributed by atoms with Crippen LogP contribution < -0.4 is 14.2 Å². The van der Waals surface area contributed by atoms with E-state index in [1.807, 2.05) is 10.8 Å². The quantitative estimate of drug-likeness (QED) is 0.728. The number of benzene rings is 1. The summed E-state index contributed by atoms with van der Waals surface area (Å²) in [5.41, 5.74) is 0. The first kappa shape index (κ1) is 17.6. The molecule has 126 valence electrons. The molecule has 0 aliphatic heterocycles. The molecular weight excluding hydrogens is 342 g/mol. The molecule has 2 aromatic rings. The van der Waals surface area contributed by atoms with E-state index < -0.39 is 10.0 Å². The molecule has 0 atom stereocenters. The van der Waals surface area contributed by atoms with Crippen LogP contribution in [0.25, 0.3) is 0 Å². The third kappa shape index (κ3) is 4.37. The number of rotatable bonds is 8. The average molecular weight is 360 g/mol. The Kier molecular flexibility index (Phi) is 5.86. The van der Waals surface area contributed by atoms with Crippen LogP contribution in [0.2, 0.25) is 5.02 Å². The molecule has 0 fully saturated rings. The van der Waals surface area contributed by atoms with Crippen LogP contribution >= 0.6 is 11.6 Å². The molecule has 0 saturated heterocycles. The monoisotopic (exact) mass is 359 g/mol. The second-order valence-electron chi connectivity index (χ2n) is 4.69. The zero-order valence-electron chi connectivity index (χ0n) is 12.8. The standard InChI is InChI=1S/C14H18ClN3O4S/c1-21-12-9-14(13(22-2)8-11(12)15)23(19,20)17-4-3-6-18-7-5-16-10-18/h5,7-10,17H,3-4,6H2,1-2H3. The van der Waals surface area contributed by atoms with Gasteiger partial charge in [-0.1, -0.05) is 11.6 Å². The Hall–Kier alpha value is -1.77. The van der Waals surface area contributed by atoms with Crippen LogP contribution in [0.5, 0.6) is 11.5 Å². The van der Waals surface area contributed by atoms with Gasteiger partial charge in [0.1, 0.15) is 16.4 Å². The number of nitrogens with one attached hydrogen (secondary N) is 1. The number of nitrogens with zero attached hydrogens (tertiary/aromatic N) is 2. The molecule has 0 bridgehead atoms. The van der Waals surface area contributed by atoms with E-state index in [2.05, 4.69) is 9.71 Å². The lowest BCUT2D eigenvalue weighted by Gasteiger charge is -2.13. The van der Waals surface area contributed by atoms with Crippen molar-refractivity contribution in [3.8, 4) is 11.5 Å². The molecule has 1 aromatic carbocycles. The molecule has 0 aliphatic carbocycles. The zero-order valence-corrected chi connectivity index (χ0v) is 14.4. The molecule has 0 amide bonds. The number of ether oxygens (including phenoxy) is 2. The minimum absolute atomic E-state index is 0.0103. The van der Waals surface area contributed by atoms with Crippen molar-refractivity contribution < 1.29 is 17.9 Å². The Morgan fingerprint density at radius 1 is 1.26 bits per heavy atom. The van der Waals surface area contributed by atoms with Crippen LogP contribution in [0.3, 0.4) is 0 Å². The highest BCUT2D eigenvalue weighted by Gasteiger charge is 2.21. The average Bonchev–Trinajstić information content (AvgIpc) is 3.04. The van der Waals surface area contributed by atoms with Gasteiger partial charge in [0.2, 0.25) is 10.0 Å². The summed E-state index contributed by atoms with van der Waals surface area (Å²) in [6.45, 7) is 0.957. The maximum absolute atomic E-state index is 12.4. The number of aromatic nitrogens is 2. The molecule has 0 radical (unpaired) electrons. The smallest absolute Gasteiger partial charge is 0.244 e. The molecule has 0 saturated carbocycles. The van der Waals surface area contributed by atoms with Gasteiger partial charge < -0.3 is 14.0 Å². The fourth-order valence-corrected chi connectivity index (χ4v) is 3.48. The van der Waals surface area contributed by atoms with Crippen molar-refractivity contribution in [1.29, 1.82) is 0 Å². The highest BCUT2D eigenvalue weighted by Crippen LogP contribution is 2.34. The molecule has 9 heteroatoms. The Morgan fingerprint density at radius 3 is 2.61 bits per heavy atom. The van der Waals surface area contributed by atoms with E-state index in [9.17, 15) is 8.42 Å². The van der Waals surface area contributed by atoms with Gasteiger partial charge >= 0.3 is 0 Å². The number of halogens is 1. The van der Waals surface area contributed by atoms with Gasteiger partial charge in [-0.2, -0.15) is 0 Å². The first-order valence-electron chi connectivity index (χ1n) is 6.85. The lowest BCUT2D eigenvalue weighted by Crippen LogP contribution is -2.26. The van der Waals surface area contributed by atoms with E-state index in [4.69, 9.17) is 21.1 Å². The molecular formula is C14H18ClN3O4S. The molecule has 23 heavy (non-hydrogen) atoms. The molecule has 0 aliphatic rings. The zero-order chi connectivity index (χ0) is 16.9. The van der Waals surface area contributed by atoms with Crippen molar-refractivity contribution in [3.63, 3.8) is 0 Å². The van der Waals surface area contributed by atoms with E-state index in [1.54, 1.807) is 12.5 Å². The molecule has 0 spiro atoms. The fraction of sp³-hybridized carbons (Fsp3) is 0.357. The maximum atomic E-state index is 12.4. The highest BCUT2D eigenvalue weighted by atomic mass is 35.5. The normalized spacial score (nSPS) is 11.4. The number of hydrogen-bond acceptors (Lipinski definition) is 5. The summed E-state index contributed by atoms with van der Waals surface area (Å²) in [5, 5.41) is 0.281. The van der Waals surface area contributed by atoms with Crippen molar-refractivity contribution in [2.24, 2.45) is 0 Å². The van der Waals surface area contributed by atoms with Gasteiger partial charge in [0.15, 0.2) is 0 Å². The van der Waals surface area contributed by atoms with E-state index in [1.165, 1.54) is 26.4 Å². The van der Waals surface area contributed by atoms with E-state index in [0.29, 0.717) is 13.0 Å². The predicted molar refractivity (Wildman–Crippen MR) is 86.6 cm³/mol. The van der Waals surface area contributed by atoms with Crippen molar-refractivity contribution >= 4 is 21.6 Å². The summed E-state index contributed by atoms with van der Waals surface area (Å²) in [6, 6.07) is 2.76. The van der Waals surface area contributed by atoms with E-state index in [0.717, 1.165) is 0 Å². The summed E-state index contributed by atoms with van der Waals surface area (Å²) in [6.07, 6.45) is 5.81. The second kappa shape index (κ2) is 7.67. The number of aryl methyl sites for hydroxylation is 1. The van der Waals surface area contributed by atoms with E-state index >= 15 is 0 Å². The second-order valence-corrected chi connectivity index (χ2v) is 6.83. The third-order valence-corrected chi connectivity index (χ3v) is 4.95. The predicted octanol–water partition coefficient (Wildman–Crippen LogP) is 1.92. The molecule has 1 aromatic heterocycles. The Bertz CT molecular complexity index is 748. The Labute approximate surface area is 140 Å². The maximum Gasteiger partial charge on any atom is 0.244 e. The molecule has 7 nitrogen and oxygen atoms in total. The van der Waals surface area contributed by atoms with Crippen LogP contribution in [-0.2, 0) is 16.6 Å². The minimum atomic E-state index is -3.73. The fourth-order valence-electron chi connectivity index (χ4n) is 2.01. The lowest BCUT2D eigenvalue weighted by atomic mass is 10.3. The minimum Gasteiger partial charge on any atom is -0.495 e. The molecule has 0 unspecified atom stereocenters. The molecule has 2 rings (SSSR count). The summed E-state index contributed by atoms with van der Waals surface area (Å²) in [7, 11) is -0.928. The highest BCUT2D eigenvalue weighted by molar-refractivity contribution is 7.89. The Balaban J connectivity index is 2.09. The SMILES string of the molecule is COc1cc(S(=O)(=O)NCCCn2ccnc2)c(OC)cc1Cl. The largest absolute Gasteiger partial charge is 0.495 e. The summed E-state index contributed by atoms with van der Waals surface area (Å²) in [5.74, 6) is 0.434.